The molecule has 0 spiro atoms. The molecule has 0 amide bonds. The van der Waals surface area contributed by atoms with Crippen molar-refractivity contribution in [3.05, 3.63) is 77.9 Å². The maximum Gasteiger partial charge on any atom is 0.195 e. The Labute approximate surface area is 277 Å². The molecule has 7 heteroatoms. The molecule has 2 aliphatic heterocycles. The number of ketones is 1. The quantitative estimate of drug-likeness (QED) is 0.154. The second-order valence-electron chi connectivity index (χ2n) is 13.0. The van der Waals surface area contributed by atoms with Crippen LogP contribution in [0.5, 0.6) is 17.2 Å². The molecule has 7 rings (SSSR count). The van der Waals surface area contributed by atoms with Crippen LogP contribution in [-0.4, -0.2) is 74.2 Å². The predicted octanol–water partition coefficient (Wildman–Crippen LogP) is 8.46. The van der Waals surface area contributed by atoms with E-state index in [9.17, 15) is 4.79 Å². The van der Waals surface area contributed by atoms with E-state index in [-0.39, 0.29) is 11.9 Å². The maximum absolute atomic E-state index is 14.3. The van der Waals surface area contributed by atoms with Gasteiger partial charge in [0.2, 0.25) is 0 Å². The summed E-state index contributed by atoms with van der Waals surface area (Å²) in [7, 11) is 1.69. The summed E-state index contributed by atoms with van der Waals surface area (Å²) >= 11 is 1.61. The number of methoxy groups -OCH3 is 1. The van der Waals surface area contributed by atoms with E-state index in [0.29, 0.717) is 23.8 Å². The van der Waals surface area contributed by atoms with Crippen molar-refractivity contribution < 1.29 is 19.0 Å². The van der Waals surface area contributed by atoms with Gasteiger partial charge in [0.25, 0.3) is 0 Å². The molecule has 0 unspecified atom stereocenters. The lowest BCUT2D eigenvalue weighted by Gasteiger charge is -2.41. The Morgan fingerprint density at radius 1 is 0.804 bits per heavy atom. The van der Waals surface area contributed by atoms with Gasteiger partial charge in [-0.2, -0.15) is 0 Å². The Balaban J connectivity index is 1.11. The third-order valence-corrected chi connectivity index (χ3v) is 11.3. The van der Waals surface area contributed by atoms with Crippen LogP contribution >= 0.6 is 11.3 Å². The molecule has 1 saturated carbocycles. The molecule has 0 bridgehead atoms. The number of benzene rings is 3. The number of hydrogen-bond acceptors (Lipinski definition) is 7. The summed E-state index contributed by atoms with van der Waals surface area (Å²) in [4.78, 5) is 20.4. The van der Waals surface area contributed by atoms with Crippen molar-refractivity contribution in [2.45, 2.75) is 69.9 Å². The fraction of sp³-hybridized carbons (Fsp3) is 0.462. The Kier molecular flexibility index (Phi) is 9.89. The average molecular weight is 639 g/mol. The van der Waals surface area contributed by atoms with Crippen molar-refractivity contribution in [1.82, 2.24) is 9.80 Å². The minimum absolute atomic E-state index is 0.0100. The van der Waals surface area contributed by atoms with Crippen molar-refractivity contribution in [3.63, 3.8) is 0 Å². The topological polar surface area (TPSA) is 51.2 Å². The van der Waals surface area contributed by atoms with E-state index in [1.165, 1.54) is 77.5 Å². The van der Waals surface area contributed by atoms with E-state index >= 15 is 0 Å². The van der Waals surface area contributed by atoms with Gasteiger partial charge in [0, 0.05) is 34.0 Å². The third kappa shape index (κ3) is 6.83. The van der Waals surface area contributed by atoms with Gasteiger partial charge in [0.15, 0.2) is 5.78 Å². The number of carbonyl (C=O) groups excluding carboxylic acids is 1. The minimum atomic E-state index is 0.0100. The average Bonchev–Trinajstić information content (AvgIpc) is 3.78. The zero-order chi connectivity index (χ0) is 31.3. The van der Waals surface area contributed by atoms with Gasteiger partial charge in [-0.15, -0.1) is 11.3 Å². The molecule has 3 aliphatic rings. The first-order valence-electron chi connectivity index (χ1n) is 17.3. The molecule has 3 fully saturated rings. The van der Waals surface area contributed by atoms with Crippen LogP contribution in [0.25, 0.3) is 20.5 Å². The minimum Gasteiger partial charge on any atom is -0.495 e. The van der Waals surface area contributed by atoms with Crippen molar-refractivity contribution in [1.29, 1.82) is 0 Å². The molecule has 0 N–H and O–H groups in total. The normalized spacial score (nSPS) is 21.0. The van der Waals surface area contributed by atoms with Crippen LogP contribution in [0.3, 0.4) is 0 Å². The lowest BCUT2D eigenvalue weighted by Crippen LogP contribution is -2.49. The number of likely N-dealkylation sites (tertiary alicyclic amines) is 2. The van der Waals surface area contributed by atoms with Crippen molar-refractivity contribution in [3.8, 4) is 27.7 Å². The van der Waals surface area contributed by atoms with Crippen LogP contribution in [0.2, 0.25) is 0 Å². The highest BCUT2D eigenvalue weighted by Gasteiger charge is 2.32. The van der Waals surface area contributed by atoms with E-state index < -0.39 is 0 Å². The summed E-state index contributed by atoms with van der Waals surface area (Å²) in [6.45, 7) is 6.36. The lowest BCUT2D eigenvalue weighted by molar-refractivity contribution is 0.0261. The Morgan fingerprint density at radius 3 is 2.28 bits per heavy atom. The van der Waals surface area contributed by atoms with Crippen LogP contribution in [-0.2, 0) is 0 Å². The van der Waals surface area contributed by atoms with E-state index in [2.05, 4.69) is 21.9 Å². The zero-order valence-electron chi connectivity index (χ0n) is 27.0. The van der Waals surface area contributed by atoms with Gasteiger partial charge in [0.1, 0.15) is 30.0 Å². The van der Waals surface area contributed by atoms with E-state index in [1.807, 2.05) is 54.6 Å². The second kappa shape index (κ2) is 14.6. The first kappa shape index (κ1) is 31.2. The number of nitrogens with zero attached hydrogens (tertiary/aromatic N) is 2. The number of carbonyl (C=O) groups is 1. The number of rotatable bonds is 11. The highest BCUT2D eigenvalue weighted by Crippen LogP contribution is 2.44. The summed E-state index contributed by atoms with van der Waals surface area (Å²) in [5.74, 6) is 2.49. The predicted molar refractivity (Wildman–Crippen MR) is 187 cm³/mol. The molecule has 3 aromatic carbocycles. The van der Waals surface area contributed by atoms with Crippen molar-refractivity contribution in [2.24, 2.45) is 0 Å². The molecule has 1 aliphatic carbocycles. The van der Waals surface area contributed by atoms with Gasteiger partial charge >= 0.3 is 0 Å². The first-order valence-corrected chi connectivity index (χ1v) is 18.1. The summed E-state index contributed by atoms with van der Waals surface area (Å²) < 4.78 is 19.4. The summed E-state index contributed by atoms with van der Waals surface area (Å²) in [6.07, 6.45) is 11.5. The van der Waals surface area contributed by atoms with Crippen LogP contribution < -0.4 is 14.2 Å². The number of fused-ring (bicyclic) bond motifs is 1. The van der Waals surface area contributed by atoms with Crippen LogP contribution in [0.15, 0.2) is 66.7 Å². The molecule has 2 atom stereocenters. The fourth-order valence-corrected chi connectivity index (χ4v) is 8.87. The largest absolute Gasteiger partial charge is 0.495 e. The number of ether oxygens (including phenoxy) is 3. The highest BCUT2D eigenvalue weighted by molar-refractivity contribution is 7.23. The summed E-state index contributed by atoms with van der Waals surface area (Å²) in [5, 5.41) is 0.919. The zero-order valence-corrected chi connectivity index (χ0v) is 27.9. The van der Waals surface area contributed by atoms with E-state index in [1.54, 1.807) is 18.4 Å². The summed E-state index contributed by atoms with van der Waals surface area (Å²) in [5.41, 5.74) is 2.38. The molecule has 242 valence electrons. The van der Waals surface area contributed by atoms with Gasteiger partial charge in [-0.25, -0.2) is 0 Å². The molecule has 0 radical (unpaired) electrons. The SMILES string of the molecule is COc1cccc2c(C(=O)c3ccc(O[C@H]4CCCC[C@@H]4N4CCCCC4)cc3)c(-c3ccc(OCCN4CCCC4)cc3)sc12. The van der Waals surface area contributed by atoms with E-state index in [4.69, 9.17) is 14.2 Å². The fourth-order valence-electron chi connectivity index (χ4n) is 7.57. The first-order chi connectivity index (χ1) is 22.7. The Morgan fingerprint density at radius 2 is 1.52 bits per heavy atom. The van der Waals surface area contributed by atoms with Crippen LogP contribution in [0, 0.1) is 0 Å². The molecular weight excluding hydrogens is 593 g/mol. The molecule has 3 heterocycles. The van der Waals surface area contributed by atoms with Crippen molar-refractivity contribution in [2.75, 3.05) is 46.4 Å². The smallest absolute Gasteiger partial charge is 0.195 e. The third-order valence-electron chi connectivity index (χ3n) is 10.0. The lowest BCUT2D eigenvalue weighted by atomic mass is 9.90. The van der Waals surface area contributed by atoms with Gasteiger partial charge in [-0.3, -0.25) is 14.6 Å². The summed E-state index contributed by atoms with van der Waals surface area (Å²) in [6, 6.07) is 22.5. The van der Waals surface area contributed by atoms with Gasteiger partial charge < -0.3 is 14.2 Å². The molecule has 4 aromatic rings. The number of hydrogen-bond donors (Lipinski definition) is 0. The molecular formula is C39H46N2O4S. The second-order valence-corrected chi connectivity index (χ2v) is 14.0. The molecule has 2 saturated heterocycles. The van der Waals surface area contributed by atoms with Gasteiger partial charge in [-0.05, 0) is 131 Å². The Hall–Kier alpha value is -3.39. The maximum atomic E-state index is 14.3. The Bertz CT molecular complexity index is 1600. The standard InChI is InChI=1S/C39H46N2O4S/c1-43-35-13-9-10-32-36(38(46-39(32)35)29-16-18-30(19-17-29)44-27-26-40-22-7-8-23-40)37(42)28-14-20-31(21-15-28)45-34-12-4-3-11-33(34)41-24-5-2-6-25-41/h9-10,13-21,33-34H,2-8,11-12,22-27H2,1H3/t33-,34-/m0/s1. The molecule has 1 aromatic heterocycles. The van der Waals surface area contributed by atoms with Gasteiger partial charge in [-0.1, -0.05) is 25.0 Å². The van der Waals surface area contributed by atoms with Gasteiger partial charge in [0.05, 0.1) is 11.8 Å². The van der Waals surface area contributed by atoms with Crippen LogP contribution in [0.4, 0.5) is 0 Å². The van der Waals surface area contributed by atoms with Crippen molar-refractivity contribution >= 4 is 27.2 Å². The molecule has 46 heavy (non-hydrogen) atoms. The van der Waals surface area contributed by atoms with Crippen LogP contribution in [0.1, 0.15) is 73.7 Å². The number of thiophene rings is 1. The highest BCUT2D eigenvalue weighted by atomic mass is 32.1. The molecule has 6 nitrogen and oxygen atoms in total. The monoisotopic (exact) mass is 638 g/mol. The van der Waals surface area contributed by atoms with E-state index in [0.717, 1.165) is 50.7 Å². The number of piperidine rings is 1.